The minimum atomic E-state index is -2.77. The number of hydrogen-bond donors (Lipinski definition) is 5. The Labute approximate surface area is 107 Å². The van der Waals surface area contributed by atoms with E-state index in [0.29, 0.717) is 0 Å². The van der Waals surface area contributed by atoms with E-state index in [-0.39, 0.29) is 5.48 Å². The molecule has 112 valence electrons. The Morgan fingerprint density at radius 1 is 1.16 bits per heavy atom. The molecule has 0 saturated heterocycles. The number of carboxylic acid groups (broad SMARTS) is 2. The molecule has 0 amide bonds. The van der Waals surface area contributed by atoms with Crippen LogP contribution in [0, 0.1) is 0 Å². The van der Waals surface area contributed by atoms with Crippen LogP contribution in [0.4, 0.5) is 0 Å². The molecule has 0 rings (SSSR count). The highest BCUT2D eigenvalue weighted by atomic mass is 16.5. The molecule has 7 N–H and O–H groups in total. The molecule has 0 fully saturated rings. The molecule has 19 heavy (non-hydrogen) atoms. The SMILES string of the molecule is O.O=C(O)CC(O)(CC(=O)OCC(O)CO)C(=O)O. The van der Waals surface area contributed by atoms with Gasteiger partial charge in [0.25, 0.3) is 0 Å². The third-order valence-electron chi connectivity index (χ3n) is 1.93. The van der Waals surface area contributed by atoms with Crippen LogP contribution in [0.1, 0.15) is 12.8 Å². The van der Waals surface area contributed by atoms with E-state index in [0.717, 1.165) is 0 Å². The van der Waals surface area contributed by atoms with E-state index < -0.39 is 55.7 Å². The largest absolute Gasteiger partial charge is 0.481 e. The van der Waals surface area contributed by atoms with Gasteiger partial charge in [-0.25, -0.2) is 4.79 Å². The minimum absolute atomic E-state index is 0. The Morgan fingerprint density at radius 2 is 1.68 bits per heavy atom. The standard InChI is InChI=1S/C9H14O9.H2O/c10-3-5(11)4-18-7(14)2-9(17,8(15)16)1-6(12)13;/h5,10-11,17H,1-4H2,(H,12,13)(H,15,16);1H2. The van der Waals surface area contributed by atoms with Gasteiger partial charge in [0.2, 0.25) is 0 Å². The first kappa shape index (κ1) is 19.6. The molecular formula is C9H16O10. The monoisotopic (exact) mass is 284 g/mol. The lowest BCUT2D eigenvalue weighted by Gasteiger charge is -2.20. The number of ether oxygens (including phenoxy) is 1. The van der Waals surface area contributed by atoms with Crippen LogP contribution < -0.4 is 0 Å². The first-order valence-corrected chi connectivity index (χ1v) is 4.83. The summed E-state index contributed by atoms with van der Waals surface area (Å²) in [6.07, 6.45) is -3.57. The summed E-state index contributed by atoms with van der Waals surface area (Å²) in [5.41, 5.74) is -2.77. The van der Waals surface area contributed by atoms with Crippen molar-refractivity contribution in [2.75, 3.05) is 13.2 Å². The number of carbonyl (C=O) groups excluding carboxylic acids is 1. The molecule has 2 atom stereocenters. The van der Waals surface area contributed by atoms with Crippen molar-refractivity contribution in [3.63, 3.8) is 0 Å². The van der Waals surface area contributed by atoms with Gasteiger partial charge in [0.15, 0.2) is 5.60 Å². The van der Waals surface area contributed by atoms with Gasteiger partial charge in [0.1, 0.15) is 12.7 Å². The number of rotatable bonds is 8. The Balaban J connectivity index is 0. The number of aliphatic hydroxyl groups is 3. The summed E-state index contributed by atoms with van der Waals surface area (Å²) < 4.78 is 4.36. The molecule has 0 bridgehead atoms. The van der Waals surface area contributed by atoms with Crippen molar-refractivity contribution in [3.8, 4) is 0 Å². The maximum atomic E-state index is 11.1. The maximum absolute atomic E-state index is 11.1. The molecule has 0 aliphatic rings. The van der Waals surface area contributed by atoms with Crippen LogP contribution in [0.2, 0.25) is 0 Å². The predicted octanol–water partition coefficient (Wildman–Crippen LogP) is -3.26. The van der Waals surface area contributed by atoms with Gasteiger partial charge < -0.3 is 35.7 Å². The molecule has 0 aliphatic heterocycles. The fourth-order valence-corrected chi connectivity index (χ4v) is 0.996. The summed E-state index contributed by atoms with van der Waals surface area (Å²) in [6, 6.07) is 0. The van der Waals surface area contributed by atoms with Crippen molar-refractivity contribution in [2.24, 2.45) is 0 Å². The highest BCUT2D eigenvalue weighted by molar-refractivity contribution is 5.88. The summed E-state index contributed by atoms with van der Waals surface area (Å²) in [6.45, 7) is -1.25. The molecule has 10 nitrogen and oxygen atoms in total. The van der Waals surface area contributed by atoms with Crippen molar-refractivity contribution in [1.29, 1.82) is 0 Å². The summed E-state index contributed by atoms with van der Waals surface area (Å²) in [7, 11) is 0. The topological polar surface area (TPSA) is 193 Å². The summed E-state index contributed by atoms with van der Waals surface area (Å²) in [5.74, 6) is -4.67. The van der Waals surface area contributed by atoms with E-state index in [1.807, 2.05) is 0 Å². The summed E-state index contributed by atoms with van der Waals surface area (Å²) in [4.78, 5) is 32.2. The number of aliphatic carboxylic acids is 2. The van der Waals surface area contributed by atoms with Crippen molar-refractivity contribution in [3.05, 3.63) is 0 Å². The summed E-state index contributed by atoms with van der Waals surface area (Å²) >= 11 is 0. The van der Waals surface area contributed by atoms with Crippen LogP contribution in [0.5, 0.6) is 0 Å². The molecule has 0 heterocycles. The number of aliphatic hydroxyl groups excluding tert-OH is 2. The fourth-order valence-electron chi connectivity index (χ4n) is 0.996. The molecular weight excluding hydrogens is 268 g/mol. The molecule has 0 spiro atoms. The smallest absolute Gasteiger partial charge is 0.336 e. The fraction of sp³-hybridized carbons (Fsp3) is 0.667. The second-order valence-corrected chi connectivity index (χ2v) is 3.60. The normalized spacial score (nSPS) is 14.7. The lowest BCUT2D eigenvalue weighted by molar-refractivity contribution is -0.172. The van der Waals surface area contributed by atoms with Gasteiger partial charge in [0.05, 0.1) is 19.4 Å². The molecule has 0 radical (unpaired) electrons. The van der Waals surface area contributed by atoms with Gasteiger partial charge in [-0.15, -0.1) is 0 Å². The molecule has 0 aromatic rings. The zero-order valence-corrected chi connectivity index (χ0v) is 9.77. The van der Waals surface area contributed by atoms with Gasteiger partial charge in [-0.2, -0.15) is 0 Å². The predicted molar refractivity (Wildman–Crippen MR) is 57.1 cm³/mol. The minimum Gasteiger partial charge on any atom is -0.481 e. The van der Waals surface area contributed by atoms with Gasteiger partial charge in [-0.3, -0.25) is 9.59 Å². The van der Waals surface area contributed by atoms with Crippen molar-refractivity contribution >= 4 is 17.9 Å². The molecule has 0 aromatic carbocycles. The van der Waals surface area contributed by atoms with Crippen LogP contribution in [0.25, 0.3) is 0 Å². The van der Waals surface area contributed by atoms with Crippen LogP contribution in [0.3, 0.4) is 0 Å². The van der Waals surface area contributed by atoms with E-state index >= 15 is 0 Å². The van der Waals surface area contributed by atoms with E-state index in [9.17, 15) is 19.5 Å². The first-order chi connectivity index (χ1) is 8.21. The lowest BCUT2D eigenvalue weighted by Crippen LogP contribution is -2.43. The van der Waals surface area contributed by atoms with Crippen LogP contribution in [-0.2, 0) is 19.1 Å². The Kier molecular flexibility index (Phi) is 8.63. The second kappa shape index (κ2) is 8.37. The van der Waals surface area contributed by atoms with E-state index in [2.05, 4.69) is 4.74 Å². The quantitative estimate of drug-likeness (QED) is 0.284. The van der Waals surface area contributed by atoms with Crippen LogP contribution in [0.15, 0.2) is 0 Å². The summed E-state index contributed by atoms with van der Waals surface area (Å²) in [5, 5.41) is 43.8. The second-order valence-electron chi connectivity index (χ2n) is 3.60. The number of hydrogen-bond acceptors (Lipinski definition) is 7. The Bertz CT molecular complexity index is 327. The Morgan fingerprint density at radius 3 is 2.05 bits per heavy atom. The highest BCUT2D eigenvalue weighted by Gasteiger charge is 2.41. The maximum Gasteiger partial charge on any atom is 0.336 e. The van der Waals surface area contributed by atoms with Gasteiger partial charge in [-0.1, -0.05) is 0 Å². The first-order valence-electron chi connectivity index (χ1n) is 4.83. The third-order valence-corrected chi connectivity index (χ3v) is 1.93. The zero-order valence-electron chi connectivity index (χ0n) is 9.77. The van der Waals surface area contributed by atoms with Gasteiger partial charge >= 0.3 is 17.9 Å². The molecule has 0 aliphatic carbocycles. The highest BCUT2D eigenvalue weighted by Crippen LogP contribution is 2.17. The van der Waals surface area contributed by atoms with Crippen molar-refractivity contribution in [2.45, 2.75) is 24.5 Å². The third kappa shape index (κ3) is 7.31. The molecule has 10 heteroatoms. The van der Waals surface area contributed by atoms with Crippen molar-refractivity contribution < 1.29 is 50.1 Å². The molecule has 0 saturated carbocycles. The number of carbonyl (C=O) groups is 3. The van der Waals surface area contributed by atoms with Crippen molar-refractivity contribution in [1.82, 2.24) is 0 Å². The van der Waals surface area contributed by atoms with Gasteiger partial charge in [-0.05, 0) is 0 Å². The Hall–Kier alpha value is -1.75. The van der Waals surface area contributed by atoms with E-state index in [1.165, 1.54) is 0 Å². The average molecular weight is 284 g/mol. The van der Waals surface area contributed by atoms with E-state index in [4.69, 9.17) is 20.4 Å². The lowest BCUT2D eigenvalue weighted by atomic mass is 9.96. The van der Waals surface area contributed by atoms with Crippen LogP contribution in [-0.4, -0.2) is 73.8 Å². The molecule has 0 aromatic heterocycles. The number of esters is 1. The van der Waals surface area contributed by atoms with Gasteiger partial charge in [0, 0.05) is 0 Å². The van der Waals surface area contributed by atoms with Crippen LogP contribution >= 0.6 is 0 Å². The van der Waals surface area contributed by atoms with E-state index in [1.54, 1.807) is 0 Å². The zero-order chi connectivity index (χ0) is 14.3. The average Bonchev–Trinajstić information content (AvgIpc) is 2.24. The molecule has 2 unspecified atom stereocenters. The number of carboxylic acids is 2.